The van der Waals surface area contributed by atoms with E-state index in [2.05, 4.69) is 30.9 Å². The largest absolute Gasteiger partial charge is 0.480 e. The molecule has 252 valence electrons. The van der Waals surface area contributed by atoms with E-state index in [1.54, 1.807) is 6.20 Å². The summed E-state index contributed by atoms with van der Waals surface area (Å²) >= 11 is 0. The Morgan fingerprint density at radius 1 is 0.761 bits per heavy atom. The van der Waals surface area contributed by atoms with Crippen LogP contribution >= 0.6 is 0 Å². The van der Waals surface area contributed by atoms with Crippen molar-refractivity contribution in [3.05, 3.63) is 36.0 Å². The number of nitrogens with two attached hydrogens (primary N) is 6. The number of H-pyrrole nitrogens is 1. The lowest BCUT2D eigenvalue weighted by atomic mass is 10.0. The molecule has 0 fully saturated rings. The quantitative estimate of drug-likeness (QED) is 0.0390. The van der Waals surface area contributed by atoms with Crippen molar-refractivity contribution in [2.45, 2.75) is 69.1 Å². The van der Waals surface area contributed by atoms with Crippen LogP contribution in [0.15, 0.2) is 40.4 Å². The van der Waals surface area contributed by atoms with Crippen molar-refractivity contribution in [3.63, 3.8) is 0 Å². The minimum atomic E-state index is -1.30. The standard InChI is InChI=1S/C28H44N12O6/c29-17(9-10-22(30)41)23(42)38-19(7-3-11-35-27(31)32)24(43)40-21(13-15-14-37-18-6-2-1-5-16(15)18)25(44)39-20(26(45)46)8-4-12-36-28(33)34/h1-2,5-6,14,17,19-21,37H,3-4,7-13,29H2,(H2,30,41)(H,38,42)(H,39,44)(H,40,43)(H,45,46)(H4,31,32,35)(H4,33,34,36). The summed E-state index contributed by atoms with van der Waals surface area (Å²) in [5, 5.41) is 18.3. The third-order valence-corrected chi connectivity index (χ3v) is 6.91. The normalized spacial score (nSPS) is 13.4. The number of hydrogen-bond acceptors (Lipinski definition) is 8. The molecule has 2 rings (SSSR count). The Hall–Kier alpha value is -5.39. The van der Waals surface area contributed by atoms with Gasteiger partial charge in [-0.3, -0.25) is 29.2 Å². The fourth-order valence-corrected chi connectivity index (χ4v) is 4.52. The molecular weight excluding hydrogens is 600 g/mol. The number of aliphatic carboxylic acids is 1. The number of nitrogens with one attached hydrogen (secondary N) is 4. The number of nitrogens with zero attached hydrogens (tertiary/aromatic N) is 2. The highest BCUT2D eigenvalue weighted by Gasteiger charge is 2.31. The molecule has 0 bridgehead atoms. The number of guanidine groups is 2. The summed E-state index contributed by atoms with van der Waals surface area (Å²) in [6.07, 6.45) is 2.08. The van der Waals surface area contributed by atoms with Gasteiger partial charge in [-0.2, -0.15) is 0 Å². The van der Waals surface area contributed by atoms with Crippen LogP contribution in [0.4, 0.5) is 0 Å². The Bertz CT molecular complexity index is 1420. The Balaban J connectivity index is 2.31. The van der Waals surface area contributed by atoms with Crippen LogP contribution in [-0.4, -0.2) is 88.9 Å². The van der Waals surface area contributed by atoms with E-state index in [-0.39, 0.29) is 70.0 Å². The van der Waals surface area contributed by atoms with Gasteiger partial charge in [0.05, 0.1) is 6.04 Å². The molecule has 1 aromatic heterocycles. The van der Waals surface area contributed by atoms with Gasteiger partial charge in [0.25, 0.3) is 0 Å². The lowest BCUT2D eigenvalue weighted by Crippen LogP contribution is -2.57. The molecule has 0 saturated heterocycles. The Morgan fingerprint density at radius 3 is 1.89 bits per heavy atom. The maximum Gasteiger partial charge on any atom is 0.326 e. The van der Waals surface area contributed by atoms with Crippen molar-refractivity contribution in [2.75, 3.05) is 13.1 Å². The Morgan fingerprint density at radius 2 is 1.30 bits per heavy atom. The van der Waals surface area contributed by atoms with Crippen LogP contribution in [0.2, 0.25) is 0 Å². The zero-order valence-electron chi connectivity index (χ0n) is 25.4. The minimum Gasteiger partial charge on any atom is -0.480 e. The molecule has 0 aliphatic carbocycles. The van der Waals surface area contributed by atoms with E-state index < -0.39 is 53.8 Å². The van der Waals surface area contributed by atoms with Crippen LogP contribution < -0.4 is 50.4 Å². The van der Waals surface area contributed by atoms with Crippen molar-refractivity contribution in [3.8, 4) is 0 Å². The monoisotopic (exact) mass is 644 g/mol. The number of carboxylic acid groups (broad SMARTS) is 1. The molecule has 1 heterocycles. The number of carboxylic acids is 1. The minimum absolute atomic E-state index is 0.0122. The first-order valence-corrected chi connectivity index (χ1v) is 14.6. The summed E-state index contributed by atoms with van der Waals surface area (Å²) in [5.41, 5.74) is 33.9. The number of carbonyl (C=O) groups is 5. The maximum atomic E-state index is 13.6. The van der Waals surface area contributed by atoms with Gasteiger partial charge in [0.2, 0.25) is 23.6 Å². The third-order valence-electron chi connectivity index (χ3n) is 6.91. The molecule has 18 nitrogen and oxygen atoms in total. The van der Waals surface area contributed by atoms with E-state index in [4.69, 9.17) is 34.4 Å². The average Bonchev–Trinajstić information content (AvgIpc) is 3.40. The van der Waals surface area contributed by atoms with Crippen molar-refractivity contribution in [1.29, 1.82) is 0 Å². The van der Waals surface area contributed by atoms with Crippen LogP contribution in [0.25, 0.3) is 10.9 Å². The number of amides is 4. The average molecular weight is 645 g/mol. The summed E-state index contributed by atoms with van der Waals surface area (Å²) < 4.78 is 0. The van der Waals surface area contributed by atoms with E-state index in [1.807, 2.05) is 24.3 Å². The topological polar surface area (TPSA) is 338 Å². The highest BCUT2D eigenvalue weighted by Crippen LogP contribution is 2.19. The molecule has 1 aromatic carbocycles. The molecular formula is C28H44N12O6. The second kappa shape index (κ2) is 18.4. The van der Waals surface area contributed by atoms with Gasteiger partial charge in [-0.05, 0) is 43.7 Å². The van der Waals surface area contributed by atoms with E-state index in [0.717, 1.165) is 10.9 Å². The molecule has 46 heavy (non-hydrogen) atoms. The van der Waals surface area contributed by atoms with Crippen molar-refractivity contribution >= 4 is 52.4 Å². The second-order valence-electron chi connectivity index (χ2n) is 10.6. The number of benzene rings is 1. The highest BCUT2D eigenvalue weighted by atomic mass is 16.4. The summed E-state index contributed by atoms with van der Waals surface area (Å²) in [6.45, 7) is 0.301. The summed E-state index contributed by atoms with van der Waals surface area (Å²) in [7, 11) is 0. The molecule has 0 aliphatic heterocycles. The number of aromatic nitrogens is 1. The molecule has 0 spiro atoms. The number of primary amides is 1. The number of aliphatic imine (C=N–C) groups is 2. The lowest BCUT2D eigenvalue weighted by molar-refractivity contribution is -0.142. The van der Waals surface area contributed by atoms with Gasteiger partial charge in [-0.1, -0.05) is 18.2 Å². The fourth-order valence-electron chi connectivity index (χ4n) is 4.52. The number of fused-ring (bicyclic) bond motifs is 1. The van der Waals surface area contributed by atoms with Gasteiger partial charge in [0, 0.05) is 43.0 Å². The van der Waals surface area contributed by atoms with Gasteiger partial charge < -0.3 is 60.4 Å². The van der Waals surface area contributed by atoms with Crippen LogP contribution in [0.3, 0.4) is 0 Å². The Labute approximate surface area is 265 Å². The van der Waals surface area contributed by atoms with Gasteiger partial charge >= 0.3 is 5.97 Å². The molecule has 18 heteroatoms. The zero-order valence-corrected chi connectivity index (χ0v) is 25.4. The molecule has 4 atom stereocenters. The van der Waals surface area contributed by atoms with Crippen molar-refractivity contribution in [2.24, 2.45) is 44.4 Å². The predicted octanol–water partition coefficient (Wildman–Crippen LogP) is -3.05. The molecule has 0 aliphatic rings. The number of carbonyl (C=O) groups excluding carboxylic acids is 4. The molecule has 2 aromatic rings. The van der Waals surface area contributed by atoms with Gasteiger partial charge in [0.1, 0.15) is 18.1 Å². The van der Waals surface area contributed by atoms with E-state index in [1.165, 1.54) is 0 Å². The number of para-hydroxylation sites is 1. The first-order chi connectivity index (χ1) is 21.8. The first-order valence-electron chi connectivity index (χ1n) is 14.6. The van der Waals surface area contributed by atoms with Crippen molar-refractivity contribution in [1.82, 2.24) is 20.9 Å². The predicted molar refractivity (Wildman–Crippen MR) is 172 cm³/mol. The van der Waals surface area contributed by atoms with Crippen LogP contribution in [0.5, 0.6) is 0 Å². The SMILES string of the molecule is NC(=O)CCC(N)C(=O)NC(CCCN=C(N)N)C(=O)NC(Cc1c[nH]c2ccccc12)C(=O)NC(CCCN=C(N)N)C(=O)O. The van der Waals surface area contributed by atoms with Crippen molar-refractivity contribution < 1.29 is 29.1 Å². The molecule has 0 saturated carbocycles. The van der Waals surface area contributed by atoms with Gasteiger partial charge in [0.15, 0.2) is 11.9 Å². The fraction of sp³-hybridized carbons (Fsp3) is 0.464. The van der Waals surface area contributed by atoms with E-state index in [0.29, 0.717) is 5.56 Å². The van der Waals surface area contributed by atoms with Gasteiger partial charge in [-0.15, -0.1) is 0 Å². The Kier molecular flexibility index (Phi) is 14.7. The number of aromatic amines is 1. The smallest absolute Gasteiger partial charge is 0.326 e. The van der Waals surface area contributed by atoms with Gasteiger partial charge in [-0.25, -0.2) is 4.79 Å². The third kappa shape index (κ3) is 12.7. The summed E-state index contributed by atoms with van der Waals surface area (Å²) in [6, 6.07) is 2.44. The molecule has 4 unspecified atom stereocenters. The number of hydrogen-bond donors (Lipinski definition) is 11. The van der Waals surface area contributed by atoms with E-state index in [9.17, 15) is 29.1 Å². The maximum absolute atomic E-state index is 13.6. The lowest BCUT2D eigenvalue weighted by Gasteiger charge is -2.25. The van der Waals surface area contributed by atoms with Crippen LogP contribution in [-0.2, 0) is 30.4 Å². The second-order valence-corrected chi connectivity index (χ2v) is 10.6. The van der Waals surface area contributed by atoms with E-state index >= 15 is 0 Å². The first kappa shape index (κ1) is 36.8. The molecule has 17 N–H and O–H groups in total. The van der Waals surface area contributed by atoms with Crippen LogP contribution in [0, 0.1) is 0 Å². The highest BCUT2D eigenvalue weighted by molar-refractivity contribution is 5.95. The zero-order chi connectivity index (χ0) is 34.2. The summed E-state index contributed by atoms with van der Waals surface area (Å²) in [4.78, 5) is 73.9. The molecule has 0 radical (unpaired) electrons. The van der Waals surface area contributed by atoms with Crippen LogP contribution in [0.1, 0.15) is 44.1 Å². The summed E-state index contributed by atoms with van der Waals surface area (Å²) in [5.74, 6) is -4.45. The molecule has 4 amide bonds. The number of rotatable bonds is 20.